The van der Waals surface area contributed by atoms with Crippen LogP contribution < -0.4 is 0 Å². The minimum absolute atomic E-state index is 0.278. The van der Waals surface area contributed by atoms with Gasteiger partial charge in [-0.15, -0.1) is 0 Å². The number of halogens is 1. The first-order chi connectivity index (χ1) is 7.60. The zero-order valence-corrected chi connectivity index (χ0v) is 12.3. The van der Waals surface area contributed by atoms with Gasteiger partial charge in [-0.3, -0.25) is 9.48 Å². The Morgan fingerprint density at radius 3 is 2.75 bits per heavy atom. The van der Waals surface area contributed by atoms with Crippen molar-refractivity contribution in [2.45, 2.75) is 26.2 Å². The van der Waals surface area contributed by atoms with Gasteiger partial charge in [-0.1, -0.05) is 6.92 Å². The molecule has 0 amide bonds. The summed E-state index contributed by atoms with van der Waals surface area (Å²) in [4.78, 5) is 11.7. The summed E-state index contributed by atoms with van der Waals surface area (Å²) in [5.41, 5.74) is 2.01. The Morgan fingerprint density at radius 2 is 2.25 bits per heavy atom. The molecule has 0 atom stereocenters. The minimum Gasteiger partial charge on any atom is -0.299 e. The van der Waals surface area contributed by atoms with Crippen molar-refractivity contribution in [2.24, 2.45) is 7.05 Å². The number of carbonyl (C=O) groups is 1. The number of Topliss-reactive ketones (excluding diaryl/α,β-unsaturated/α-hetero) is 1. The van der Waals surface area contributed by atoms with E-state index in [9.17, 15) is 4.79 Å². The van der Waals surface area contributed by atoms with E-state index in [1.165, 1.54) is 0 Å². The first kappa shape index (κ1) is 13.8. The van der Waals surface area contributed by atoms with Crippen molar-refractivity contribution in [3.63, 3.8) is 0 Å². The van der Waals surface area contributed by atoms with Crippen molar-refractivity contribution >= 4 is 33.5 Å². The fourth-order valence-corrected chi connectivity index (χ4v) is 2.69. The molecule has 0 aromatic carbocycles. The van der Waals surface area contributed by atoms with E-state index in [2.05, 4.69) is 28.0 Å². The van der Waals surface area contributed by atoms with Crippen molar-refractivity contribution in [2.75, 3.05) is 12.0 Å². The van der Waals surface area contributed by atoms with Crippen LogP contribution >= 0.6 is 27.7 Å². The molecule has 1 heterocycles. The second-order valence-electron chi connectivity index (χ2n) is 3.64. The summed E-state index contributed by atoms with van der Waals surface area (Å²) in [5.74, 6) is 1.18. The third kappa shape index (κ3) is 3.35. The molecule has 0 aliphatic heterocycles. The summed E-state index contributed by atoms with van der Waals surface area (Å²) in [5, 5.41) is 4.37. The highest BCUT2D eigenvalue weighted by molar-refractivity contribution is 9.10. The van der Waals surface area contributed by atoms with Gasteiger partial charge in [0.15, 0.2) is 0 Å². The van der Waals surface area contributed by atoms with Crippen molar-refractivity contribution in [1.29, 1.82) is 0 Å². The topological polar surface area (TPSA) is 34.9 Å². The molecule has 90 valence electrons. The van der Waals surface area contributed by atoms with E-state index in [4.69, 9.17) is 0 Å². The minimum atomic E-state index is 0.278. The van der Waals surface area contributed by atoms with Gasteiger partial charge < -0.3 is 0 Å². The number of rotatable bonds is 6. The van der Waals surface area contributed by atoms with Gasteiger partial charge in [0.05, 0.1) is 15.9 Å². The van der Waals surface area contributed by atoms with E-state index in [0.29, 0.717) is 12.8 Å². The lowest BCUT2D eigenvalue weighted by Gasteiger charge is -2.02. The molecule has 0 unspecified atom stereocenters. The predicted molar refractivity (Wildman–Crippen MR) is 72.0 cm³/mol. The molecule has 0 aliphatic rings. The van der Waals surface area contributed by atoms with Gasteiger partial charge in [0.1, 0.15) is 5.78 Å². The van der Waals surface area contributed by atoms with Crippen LogP contribution in [0.1, 0.15) is 24.7 Å². The molecule has 0 spiro atoms. The Balaban J connectivity index is 2.73. The number of nitrogens with zero attached hydrogens (tertiary/aromatic N) is 2. The third-order valence-corrected chi connectivity index (χ3v) is 3.98. The van der Waals surface area contributed by atoms with Crippen molar-refractivity contribution in [1.82, 2.24) is 9.78 Å². The van der Waals surface area contributed by atoms with E-state index in [1.54, 1.807) is 16.4 Å². The molecule has 0 fully saturated rings. The first-order valence-electron chi connectivity index (χ1n) is 5.31. The standard InChI is InChI=1S/C11H17BrN2OS/c1-4-9-11(12)10(14(2)13-9)7-8(15)5-6-16-3/h4-7H2,1-3H3. The molecule has 1 aromatic rings. The van der Waals surface area contributed by atoms with Crippen molar-refractivity contribution < 1.29 is 4.79 Å². The van der Waals surface area contributed by atoms with E-state index >= 15 is 0 Å². The zero-order valence-electron chi connectivity index (χ0n) is 9.92. The van der Waals surface area contributed by atoms with Crippen LogP contribution in [0.5, 0.6) is 0 Å². The molecule has 0 N–H and O–H groups in total. The van der Waals surface area contributed by atoms with Gasteiger partial charge in [-0.25, -0.2) is 0 Å². The van der Waals surface area contributed by atoms with Gasteiger partial charge in [-0.2, -0.15) is 16.9 Å². The summed E-state index contributed by atoms with van der Waals surface area (Å²) >= 11 is 5.22. The highest BCUT2D eigenvalue weighted by Crippen LogP contribution is 2.22. The van der Waals surface area contributed by atoms with Gasteiger partial charge in [0, 0.05) is 19.9 Å². The Morgan fingerprint density at radius 1 is 1.56 bits per heavy atom. The van der Waals surface area contributed by atoms with Crippen LogP contribution in [0, 0.1) is 0 Å². The number of hydrogen-bond donors (Lipinski definition) is 0. The number of hydrogen-bond acceptors (Lipinski definition) is 3. The normalized spacial score (nSPS) is 10.8. The van der Waals surface area contributed by atoms with E-state index in [1.807, 2.05) is 13.3 Å². The number of thioether (sulfide) groups is 1. The van der Waals surface area contributed by atoms with Crippen LogP contribution in [0.25, 0.3) is 0 Å². The molecule has 5 heteroatoms. The maximum atomic E-state index is 11.7. The maximum Gasteiger partial charge on any atom is 0.139 e. The summed E-state index contributed by atoms with van der Waals surface area (Å²) in [6, 6.07) is 0. The average Bonchev–Trinajstić information content (AvgIpc) is 2.53. The second kappa shape index (κ2) is 6.45. The van der Waals surface area contributed by atoms with Crippen LogP contribution in [0.15, 0.2) is 4.47 Å². The lowest BCUT2D eigenvalue weighted by atomic mass is 10.1. The Kier molecular flexibility index (Phi) is 5.55. The predicted octanol–water partition coefficient (Wildman–Crippen LogP) is 2.61. The number of aryl methyl sites for hydroxylation is 2. The van der Waals surface area contributed by atoms with Crippen LogP contribution in [0.2, 0.25) is 0 Å². The smallest absolute Gasteiger partial charge is 0.139 e. The molecule has 3 nitrogen and oxygen atoms in total. The average molecular weight is 305 g/mol. The highest BCUT2D eigenvalue weighted by Gasteiger charge is 2.15. The Hall–Kier alpha value is -0.290. The van der Waals surface area contributed by atoms with Gasteiger partial charge in [-0.05, 0) is 34.4 Å². The highest BCUT2D eigenvalue weighted by atomic mass is 79.9. The van der Waals surface area contributed by atoms with Gasteiger partial charge in [0.2, 0.25) is 0 Å². The Bertz CT molecular complexity index is 376. The van der Waals surface area contributed by atoms with E-state index in [-0.39, 0.29) is 5.78 Å². The van der Waals surface area contributed by atoms with Gasteiger partial charge >= 0.3 is 0 Å². The monoisotopic (exact) mass is 304 g/mol. The third-order valence-electron chi connectivity index (χ3n) is 2.45. The summed E-state index contributed by atoms with van der Waals surface area (Å²) in [6.07, 6.45) is 4.01. The maximum absolute atomic E-state index is 11.7. The summed E-state index contributed by atoms with van der Waals surface area (Å²) in [6.45, 7) is 2.06. The van der Waals surface area contributed by atoms with Crippen LogP contribution in [-0.4, -0.2) is 27.6 Å². The van der Waals surface area contributed by atoms with Crippen molar-refractivity contribution in [3.05, 3.63) is 15.9 Å². The molecule has 1 aromatic heterocycles. The van der Waals surface area contributed by atoms with Crippen LogP contribution in [0.4, 0.5) is 0 Å². The molecule has 16 heavy (non-hydrogen) atoms. The zero-order chi connectivity index (χ0) is 12.1. The lowest BCUT2D eigenvalue weighted by Crippen LogP contribution is -2.08. The molecule has 1 rings (SSSR count). The number of carbonyl (C=O) groups excluding carboxylic acids is 1. The van der Waals surface area contributed by atoms with Crippen LogP contribution in [-0.2, 0) is 24.7 Å². The molecule has 0 bridgehead atoms. The largest absolute Gasteiger partial charge is 0.299 e. The number of ketones is 1. The summed E-state index contributed by atoms with van der Waals surface area (Å²) < 4.78 is 2.80. The van der Waals surface area contributed by atoms with Gasteiger partial charge in [0.25, 0.3) is 0 Å². The fourth-order valence-electron chi connectivity index (χ4n) is 1.50. The second-order valence-corrected chi connectivity index (χ2v) is 5.42. The number of aromatic nitrogens is 2. The van der Waals surface area contributed by atoms with E-state index in [0.717, 1.165) is 28.0 Å². The Labute approximate surface area is 109 Å². The quantitative estimate of drug-likeness (QED) is 0.810. The van der Waals surface area contributed by atoms with Crippen molar-refractivity contribution in [3.8, 4) is 0 Å². The summed E-state index contributed by atoms with van der Waals surface area (Å²) in [7, 11) is 1.89. The van der Waals surface area contributed by atoms with Crippen LogP contribution in [0.3, 0.4) is 0 Å². The SMILES string of the molecule is CCc1nn(C)c(CC(=O)CCSC)c1Br. The fraction of sp³-hybridized carbons (Fsp3) is 0.636. The first-order valence-corrected chi connectivity index (χ1v) is 7.49. The lowest BCUT2D eigenvalue weighted by molar-refractivity contribution is -0.118. The molecular weight excluding hydrogens is 288 g/mol. The molecular formula is C11H17BrN2OS. The molecule has 0 saturated carbocycles. The molecule has 0 aliphatic carbocycles. The molecule has 0 saturated heterocycles. The van der Waals surface area contributed by atoms with E-state index < -0.39 is 0 Å². The molecule has 0 radical (unpaired) electrons.